The molecule has 0 aliphatic carbocycles. The fourth-order valence-electron chi connectivity index (χ4n) is 2.77. The molecule has 0 fully saturated rings. The Labute approximate surface area is 164 Å². The number of anilines is 1. The second kappa shape index (κ2) is 9.01. The van der Waals surface area contributed by atoms with Crippen molar-refractivity contribution in [1.29, 1.82) is 0 Å². The van der Waals surface area contributed by atoms with Crippen molar-refractivity contribution in [3.05, 3.63) is 65.2 Å². The van der Waals surface area contributed by atoms with Crippen molar-refractivity contribution in [2.45, 2.75) is 5.75 Å². The number of sulfonamides is 1. The monoisotopic (exact) mass is 402 g/mol. The molecular weight excluding hydrogens is 380 g/mol. The Morgan fingerprint density at radius 3 is 2.82 bits per heavy atom. The van der Waals surface area contributed by atoms with E-state index in [9.17, 15) is 13.2 Å². The second-order valence-electron chi connectivity index (χ2n) is 6.30. The number of hydrogen-bond acceptors (Lipinski definition) is 5. The predicted molar refractivity (Wildman–Crippen MR) is 107 cm³/mol. The SMILES string of the molecule is COCCNS(=O)(=O)Cc1cccc(NC(=O)C2=Cc3ccccc3OC2)c1. The van der Waals surface area contributed by atoms with E-state index in [2.05, 4.69) is 10.0 Å². The van der Waals surface area contributed by atoms with Gasteiger partial charge in [-0.3, -0.25) is 4.79 Å². The molecule has 1 aliphatic heterocycles. The standard InChI is InChI=1S/C20H22N2O5S/c1-26-10-9-21-28(24,25)14-15-5-4-7-18(11-15)22-20(23)17-12-16-6-2-3-8-19(16)27-13-17/h2-8,11-12,21H,9-10,13-14H2,1H3,(H,22,23). The number of amides is 1. The van der Waals surface area contributed by atoms with Gasteiger partial charge in [-0.15, -0.1) is 0 Å². The van der Waals surface area contributed by atoms with E-state index < -0.39 is 10.0 Å². The molecular formula is C20H22N2O5S. The number of hydrogen-bond donors (Lipinski definition) is 2. The number of ether oxygens (including phenoxy) is 2. The maximum Gasteiger partial charge on any atom is 0.255 e. The van der Waals surface area contributed by atoms with Crippen LogP contribution >= 0.6 is 0 Å². The van der Waals surface area contributed by atoms with Crippen LogP contribution in [-0.4, -0.2) is 41.2 Å². The van der Waals surface area contributed by atoms with Crippen molar-refractivity contribution in [2.24, 2.45) is 0 Å². The lowest BCUT2D eigenvalue weighted by Gasteiger charge is -2.17. The van der Waals surface area contributed by atoms with E-state index in [1.165, 1.54) is 7.11 Å². The number of para-hydroxylation sites is 1. The summed E-state index contributed by atoms with van der Waals surface area (Å²) in [6.45, 7) is 0.695. The van der Waals surface area contributed by atoms with Crippen LogP contribution in [0.2, 0.25) is 0 Å². The van der Waals surface area contributed by atoms with Gasteiger partial charge in [0.05, 0.1) is 17.9 Å². The smallest absolute Gasteiger partial charge is 0.255 e. The van der Waals surface area contributed by atoms with E-state index in [1.54, 1.807) is 30.3 Å². The molecule has 0 unspecified atom stereocenters. The third-order valence-electron chi connectivity index (χ3n) is 4.09. The molecule has 0 radical (unpaired) electrons. The summed E-state index contributed by atoms with van der Waals surface area (Å²) in [7, 11) is -1.97. The van der Waals surface area contributed by atoms with Crippen LogP contribution in [0, 0.1) is 0 Å². The lowest BCUT2D eigenvalue weighted by atomic mass is 10.1. The maximum absolute atomic E-state index is 12.5. The molecule has 2 aromatic rings. The average Bonchev–Trinajstić information content (AvgIpc) is 2.67. The molecule has 0 atom stereocenters. The van der Waals surface area contributed by atoms with Crippen LogP contribution in [0.25, 0.3) is 6.08 Å². The normalized spacial score (nSPS) is 13.2. The molecule has 1 aliphatic rings. The molecule has 148 valence electrons. The van der Waals surface area contributed by atoms with Crippen LogP contribution < -0.4 is 14.8 Å². The van der Waals surface area contributed by atoms with E-state index in [4.69, 9.17) is 9.47 Å². The van der Waals surface area contributed by atoms with Crippen molar-refractivity contribution in [2.75, 3.05) is 32.2 Å². The summed E-state index contributed by atoms with van der Waals surface area (Å²) in [5, 5.41) is 2.80. The molecule has 0 spiro atoms. The van der Waals surface area contributed by atoms with Gasteiger partial charge in [0.15, 0.2) is 0 Å². The highest BCUT2D eigenvalue weighted by Gasteiger charge is 2.17. The lowest BCUT2D eigenvalue weighted by molar-refractivity contribution is -0.113. The van der Waals surface area contributed by atoms with E-state index >= 15 is 0 Å². The summed E-state index contributed by atoms with van der Waals surface area (Å²) in [5.41, 5.74) is 2.44. The van der Waals surface area contributed by atoms with Gasteiger partial charge in [0.25, 0.3) is 5.91 Å². The first-order chi connectivity index (χ1) is 13.5. The molecule has 0 saturated carbocycles. The first-order valence-electron chi connectivity index (χ1n) is 8.76. The fourth-order valence-corrected chi connectivity index (χ4v) is 3.88. The number of nitrogens with one attached hydrogen (secondary N) is 2. The topological polar surface area (TPSA) is 93.7 Å². The van der Waals surface area contributed by atoms with Crippen LogP contribution in [-0.2, 0) is 25.3 Å². The molecule has 0 bridgehead atoms. The molecule has 3 rings (SSSR count). The summed E-state index contributed by atoms with van der Waals surface area (Å²) < 4.78 is 37.1. The number of carbonyl (C=O) groups is 1. The highest BCUT2D eigenvalue weighted by Crippen LogP contribution is 2.26. The number of carbonyl (C=O) groups excluding carboxylic acids is 1. The van der Waals surface area contributed by atoms with Gasteiger partial charge in [-0.25, -0.2) is 13.1 Å². The summed E-state index contributed by atoms with van der Waals surface area (Å²) >= 11 is 0. The first-order valence-corrected chi connectivity index (χ1v) is 10.4. The first kappa shape index (κ1) is 20.1. The zero-order valence-electron chi connectivity index (χ0n) is 15.5. The number of methoxy groups -OCH3 is 1. The van der Waals surface area contributed by atoms with Crippen LogP contribution in [0.1, 0.15) is 11.1 Å². The molecule has 28 heavy (non-hydrogen) atoms. The predicted octanol–water partition coefficient (Wildman–Crippen LogP) is 2.17. The van der Waals surface area contributed by atoms with E-state index in [0.717, 1.165) is 11.3 Å². The Morgan fingerprint density at radius 1 is 1.18 bits per heavy atom. The molecule has 1 amide bonds. The largest absolute Gasteiger partial charge is 0.488 e. The minimum Gasteiger partial charge on any atom is -0.488 e. The Balaban J connectivity index is 1.66. The van der Waals surface area contributed by atoms with Gasteiger partial charge in [0, 0.05) is 24.9 Å². The Bertz CT molecular complexity index is 986. The molecule has 2 N–H and O–H groups in total. The highest BCUT2D eigenvalue weighted by atomic mass is 32.2. The van der Waals surface area contributed by atoms with Crippen molar-refractivity contribution in [3.8, 4) is 5.75 Å². The zero-order valence-corrected chi connectivity index (χ0v) is 16.3. The Morgan fingerprint density at radius 2 is 2.00 bits per heavy atom. The molecule has 8 heteroatoms. The van der Waals surface area contributed by atoms with Gasteiger partial charge in [-0.1, -0.05) is 30.3 Å². The Kier molecular flexibility index (Phi) is 6.45. The minimum atomic E-state index is -3.48. The van der Waals surface area contributed by atoms with Gasteiger partial charge in [0.2, 0.25) is 10.0 Å². The van der Waals surface area contributed by atoms with Crippen molar-refractivity contribution >= 4 is 27.7 Å². The second-order valence-corrected chi connectivity index (χ2v) is 8.10. The summed E-state index contributed by atoms with van der Waals surface area (Å²) in [6.07, 6.45) is 1.79. The molecule has 2 aromatic carbocycles. The maximum atomic E-state index is 12.5. The van der Waals surface area contributed by atoms with Gasteiger partial charge < -0.3 is 14.8 Å². The molecule has 0 aromatic heterocycles. The third-order valence-corrected chi connectivity index (χ3v) is 5.45. The molecule has 1 heterocycles. The van der Waals surface area contributed by atoms with Crippen LogP contribution in [0.15, 0.2) is 54.1 Å². The summed E-state index contributed by atoms with van der Waals surface area (Å²) in [6, 6.07) is 14.2. The zero-order chi connectivity index (χ0) is 20.0. The highest BCUT2D eigenvalue weighted by molar-refractivity contribution is 7.88. The Hall–Kier alpha value is -2.68. The lowest BCUT2D eigenvalue weighted by Crippen LogP contribution is -2.28. The third kappa shape index (κ3) is 5.41. The fraction of sp³-hybridized carbons (Fsp3) is 0.250. The number of fused-ring (bicyclic) bond motifs is 1. The van der Waals surface area contributed by atoms with Crippen LogP contribution in [0.4, 0.5) is 5.69 Å². The molecule has 7 nitrogen and oxygen atoms in total. The quantitative estimate of drug-likeness (QED) is 0.660. The van der Waals surface area contributed by atoms with Crippen LogP contribution in [0.5, 0.6) is 5.75 Å². The molecule has 0 saturated heterocycles. The van der Waals surface area contributed by atoms with Gasteiger partial charge in [-0.2, -0.15) is 0 Å². The van der Waals surface area contributed by atoms with Gasteiger partial charge in [0.1, 0.15) is 12.4 Å². The average molecular weight is 402 g/mol. The van der Waals surface area contributed by atoms with Crippen LogP contribution in [0.3, 0.4) is 0 Å². The summed E-state index contributed by atoms with van der Waals surface area (Å²) in [5.74, 6) is 0.277. The van der Waals surface area contributed by atoms with Gasteiger partial charge >= 0.3 is 0 Å². The van der Waals surface area contributed by atoms with E-state index in [0.29, 0.717) is 23.4 Å². The van der Waals surface area contributed by atoms with Gasteiger partial charge in [-0.05, 0) is 29.8 Å². The van der Waals surface area contributed by atoms with E-state index in [1.807, 2.05) is 24.3 Å². The van der Waals surface area contributed by atoms with Crippen molar-refractivity contribution in [1.82, 2.24) is 4.72 Å². The van der Waals surface area contributed by atoms with E-state index in [-0.39, 0.29) is 24.8 Å². The summed E-state index contributed by atoms with van der Waals surface area (Å²) in [4.78, 5) is 12.5. The van der Waals surface area contributed by atoms with Crippen molar-refractivity contribution < 1.29 is 22.7 Å². The number of benzene rings is 2. The minimum absolute atomic E-state index is 0.181. The number of rotatable bonds is 8. The van der Waals surface area contributed by atoms with Crippen molar-refractivity contribution in [3.63, 3.8) is 0 Å².